The Kier molecular flexibility index (Phi) is 3.10. The van der Waals surface area contributed by atoms with Gasteiger partial charge in [0.2, 0.25) is 0 Å². The number of hydrogen-bond donors (Lipinski definition) is 1. The number of furan rings is 1. The zero-order chi connectivity index (χ0) is 12.5. The summed E-state index contributed by atoms with van der Waals surface area (Å²) in [6, 6.07) is 11.4. The van der Waals surface area contributed by atoms with Crippen molar-refractivity contribution in [1.82, 2.24) is 10.2 Å². The van der Waals surface area contributed by atoms with Crippen molar-refractivity contribution in [3.05, 3.63) is 36.1 Å². The molecule has 18 heavy (non-hydrogen) atoms. The summed E-state index contributed by atoms with van der Waals surface area (Å²) in [5, 5.41) is 4.55. The highest BCUT2D eigenvalue weighted by molar-refractivity contribution is 5.77. The van der Waals surface area contributed by atoms with Crippen LogP contribution in [0.4, 0.5) is 0 Å². The van der Waals surface area contributed by atoms with Crippen molar-refractivity contribution in [2.45, 2.75) is 25.4 Å². The third-order valence-electron chi connectivity index (χ3n) is 4.03. The molecule has 3 rings (SSSR count). The monoisotopic (exact) mass is 244 g/mol. The van der Waals surface area contributed by atoms with Crippen molar-refractivity contribution >= 4 is 11.0 Å². The summed E-state index contributed by atoms with van der Waals surface area (Å²) < 4.78 is 5.95. The number of fused-ring (bicyclic) bond motifs is 1. The van der Waals surface area contributed by atoms with E-state index < -0.39 is 0 Å². The zero-order valence-electron chi connectivity index (χ0n) is 11.0. The molecule has 2 unspecified atom stereocenters. The number of para-hydroxylation sites is 1. The second-order valence-corrected chi connectivity index (χ2v) is 5.13. The summed E-state index contributed by atoms with van der Waals surface area (Å²) in [5.74, 6) is 1.08. The van der Waals surface area contributed by atoms with Gasteiger partial charge in [-0.25, -0.2) is 0 Å². The van der Waals surface area contributed by atoms with E-state index in [-0.39, 0.29) is 0 Å². The van der Waals surface area contributed by atoms with Crippen molar-refractivity contribution in [3.63, 3.8) is 0 Å². The number of nitrogens with one attached hydrogen (secondary N) is 1. The van der Waals surface area contributed by atoms with Crippen molar-refractivity contribution in [2.24, 2.45) is 0 Å². The minimum absolute atomic E-state index is 0.357. The Labute approximate surface area is 108 Å². The maximum Gasteiger partial charge on any atom is 0.134 e. The Bertz CT molecular complexity index is 501. The largest absolute Gasteiger partial charge is 0.459 e. The predicted octanol–water partition coefficient (Wildman–Crippen LogP) is 2.79. The van der Waals surface area contributed by atoms with Crippen LogP contribution in [0.3, 0.4) is 0 Å². The van der Waals surface area contributed by atoms with E-state index in [1.54, 1.807) is 0 Å². The average Bonchev–Trinajstić information content (AvgIpc) is 3.04. The molecule has 0 amide bonds. The topological polar surface area (TPSA) is 28.4 Å². The van der Waals surface area contributed by atoms with E-state index in [9.17, 15) is 0 Å². The van der Waals surface area contributed by atoms with Crippen LogP contribution in [0, 0.1) is 0 Å². The standard InChI is InChI=1S/C15H20N2O/c1-11(17-8-7-13(10-17)16-2)15-9-12-5-3-4-6-14(12)18-15/h3-6,9,11,13,16H,7-8,10H2,1-2H3. The molecule has 0 aliphatic carbocycles. The normalized spacial score (nSPS) is 22.7. The molecule has 1 aliphatic heterocycles. The molecule has 1 fully saturated rings. The van der Waals surface area contributed by atoms with Crippen LogP contribution in [0.15, 0.2) is 34.7 Å². The summed E-state index contributed by atoms with van der Waals surface area (Å²) in [6.07, 6.45) is 1.22. The fraction of sp³-hybridized carbons (Fsp3) is 0.467. The van der Waals surface area contributed by atoms with Gasteiger partial charge in [-0.1, -0.05) is 18.2 Å². The molecule has 1 aliphatic rings. The number of likely N-dealkylation sites (N-methyl/N-ethyl adjacent to an activating group) is 1. The van der Waals surface area contributed by atoms with E-state index in [1.165, 1.54) is 11.8 Å². The fourth-order valence-electron chi connectivity index (χ4n) is 2.76. The summed E-state index contributed by atoms with van der Waals surface area (Å²) in [4.78, 5) is 2.48. The van der Waals surface area contributed by atoms with E-state index in [0.29, 0.717) is 12.1 Å². The first-order chi connectivity index (χ1) is 8.78. The molecule has 1 saturated heterocycles. The molecule has 1 aromatic heterocycles. The minimum atomic E-state index is 0.357. The van der Waals surface area contributed by atoms with Gasteiger partial charge in [0, 0.05) is 24.5 Å². The molecule has 1 aromatic carbocycles. The van der Waals surface area contributed by atoms with E-state index in [4.69, 9.17) is 4.42 Å². The van der Waals surface area contributed by atoms with Gasteiger partial charge in [0.05, 0.1) is 6.04 Å². The second-order valence-electron chi connectivity index (χ2n) is 5.13. The minimum Gasteiger partial charge on any atom is -0.459 e. The van der Waals surface area contributed by atoms with Crippen molar-refractivity contribution < 1.29 is 4.42 Å². The van der Waals surface area contributed by atoms with Crippen LogP contribution in [-0.4, -0.2) is 31.1 Å². The molecule has 2 atom stereocenters. The van der Waals surface area contributed by atoms with Crippen LogP contribution < -0.4 is 5.32 Å². The molecule has 1 N–H and O–H groups in total. The van der Waals surface area contributed by atoms with Gasteiger partial charge in [-0.2, -0.15) is 0 Å². The summed E-state index contributed by atoms with van der Waals surface area (Å²) >= 11 is 0. The van der Waals surface area contributed by atoms with Gasteiger partial charge in [-0.05, 0) is 32.5 Å². The quantitative estimate of drug-likeness (QED) is 0.900. The highest BCUT2D eigenvalue weighted by Gasteiger charge is 2.27. The van der Waals surface area contributed by atoms with Gasteiger partial charge in [0.1, 0.15) is 11.3 Å². The molecule has 96 valence electrons. The van der Waals surface area contributed by atoms with Crippen molar-refractivity contribution in [3.8, 4) is 0 Å². The van der Waals surface area contributed by atoms with Crippen molar-refractivity contribution in [1.29, 1.82) is 0 Å². The first kappa shape index (κ1) is 11.8. The van der Waals surface area contributed by atoms with Crippen LogP contribution in [0.1, 0.15) is 25.1 Å². The Hall–Kier alpha value is -1.32. The van der Waals surface area contributed by atoms with Crippen molar-refractivity contribution in [2.75, 3.05) is 20.1 Å². The number of nitrogens with zero attached hydrogens (tertiary/aromatic N) is 1. The Morgan fingerprint density at radius 2 is 2.22 bits per heavy atom. The SMILES string of the molecule is CNC1CCN(C(C)c2cc3ccccc3o2)C1. The maximum absolute atomic E-state index is 5.95. The second kappa shape index (κ2) is 4.75. The molecule has 0 radical (unpaired) electrons. The summed E-state index contributed by atoms with van der Waals surface area (Å²) in [6.45, 7) is 4.48. The number of likely N-dealkylation sites (tertiary alicyclic amines) is 1. The predicted molar refractivity (Wildman–Crippen MR) is 73.7 cm³/mol. The number of benzene rings is 1. The van der Waals surface area contributed by atoms with Gasteiger partial charge in [-0.15, -0.1) is 0 Å². The number of hydrogen-bond acceptors (Lipinski definition) is 3. The van der Waals surface area contributed by atoms with Gasteiger partial charge in [0.25, 0.3) is 0 Å². The third kappa shape index (κ3) is 2.04. The smallest absolute Gasteiger partial charge is 0.134 e. The van der Waals surface area contributed by atoms with Crippen LogP contribution in [0.25, 0.3) is 11.0 Å². The van der Waals surface area contributed by atoms with Crippen LogP contribution in [0.2, 0.25) is 0 Å². The molecular weight excluding hydrogens is 224 g/mol. The van der Waals surface area contributed by atoms with E-state index in [0.717, 1.165) is 24.4 Å². The van der Waals surface area contributed by atoms with Gasteiger partial charge in [0.15, 0.2) is 0 Å². The molecule has 3 nitrogen and oxygen atoms in total. The average molecular weight is 244 g/mol. The fourth-order valence-corrected chi connectivity index (χ4v) is 2.76. The first-order valence-electron chi connectivity index (χ1n) is 6.67. The molecule has 0 saturated carbocycles. The Morgan fingerprint density at radius 1 is 1.39 bits per heavy atom. The highest BCUT2D eigenvalue weighted by atomic mass is 16.3. The summed E-state index contributed by atoms with van der Waals surface area (Å²) in [5.41, 5.74) is 0.990. The van der Waals surface area contributed by atoms with E-state index in [1.807, 2.05) is 19.2 Å². The Balaban J connectivity index is 1.81. The third-order valence-corrected chi connectivity index (χ3v) is 4.03. The van der Waals surface area contributed by atoms with E-state index >= 15 is 0 Å². The first-order valence-corrected chi connectivity index (χ1v) is 6.67. The Morgan fingerprint density at radius 3 is 2.94 bits per heavy atom. The highest BCUT2D eigenvalue weighted by Crippen LogP contribution is 2.29. The van der Waals surface area contributed by atoms with E-state index in [2.05, 4.69) is 35.3 Å². The van der Waals surface area contributed by atoms with Gasteiger partial charge >= 0.3 is 0 Å². The molecule has 2 aromatic rings. The lowest BCUT2D eigenvalue weighted by Gasteiger charge is -2.22. The molecule has 2 heterocycles. The lowest BCUT2D eigenvalue weighted by Crippen LogP contribution is -2.30. The van der Waals surface area contributed by atoms with Crippen LogP contribution >= 0.6 is 0 Å². The maximum atomic E-state index is 5.95. The van der Waals surface area contributed by atoms with Crippen LogP contribution in [0.5, 0.6) is 0 Å². The lowest BCUT2D eigenvalue weighted by atomic mass is 10.2. The zero-order valence-corrected chi connectivity index (χ0v) is 11.0. The van der Waals surface area contributed by atoms with Gasteiger partial charge < -0.3 is 9.73 Å². The molecule has 0 bridgehead atoms. The summed E-state index contributed by atoms with van der Waals surface area (Å²) in [7, 11) is 2.04. The van der Waals surface area contributed by atoms with Crippen LogP contribution in [-0.2, 0) is 0 Å². The number of rotatable bonds is 3. The van der Waals surface area contributed by atoms with Gasteiger partial charge in [-0.3, -0.25) is 4.90 Å². The molecule has 3 heteroatoms. The lowest BCUT2D eigenvalue weighted by molar-refractivity contribution is 0.230. The molecular formula is C15H20N2O. The molecule has 0 spiro atoms.